The Morgan fingerprint density at radius 1 is 1.29 bits per heavy atom. The number of methoxy groups -OCH3 is 1. The van der Waals surface area contributed by atoms with Crippen molar-refractivity contribution >= 4 is 5.97 Å². The molecule has 0 bridgehead atoms. The van der Waals surface area contributed by atoms with E-state index in [-0.39, 0.29) is 18.1 Å². The van der Waals surface area contributed by atoms with E-state index in [4.69, 9.17) is 0 Å². The van der Waals surface area contributed by atoms with Crippen molar-refractivity contribution in [3.05, 3.63) is 35.9 Å². The molecule has 0 aliphatic heterocycles. The Morgan fingerprint density at radius 3 is 2.53 bits per heavy atom. The first kappa shape index (κ1) is 12.1. The van der Waals surface area contributed by atoms with Crippen LogP contribution in [-0.4, -0.2) is 19.6 Å². The number of carbonyl (C=O) groups is 1. The molecule has 0 amide bonds. The fourth-order valence-electron chi connectivity index (χ4n) is 2.62. The van der Waals surface area contributed by atoms with Crippen LogP contribution in [0.3, 0.4) is 0 Å². The summed E-state index contributed by atoms with van der Waals surface area (Å²) in [5.41, 5.74) is 1.25. The molecule has 3 nitrogen and oxygen atoms in total. The van der Waals surface area contributed by atoms with Gasteiger partial charge in [0.25, 0.3) is 0 Å². The smallest absolute Gasteiger partial charge is 0.319 e. The van der Waals surface area contributed by atoms with Crippen LogP contribution >= 0.6 is 0 Å². The maximum absolute atomic E-state index is 11.3. The van der Waals surface area contributed by atoms with Gasteiger partial charge < -0.3 is 4.74 Å². The second kappa shape index (κ2) is 5.32. The van der Waals surface area contributed by atoms with Gasteiger partial charge in [-0.05, 0) is 18.4 Å². The second-order valence-electron chi connectivity index (χ2n) is 4.58. The van der Waals surface area contributed by atoms with E-state index in [1.807, 2.05) is 6.07 Å². The third kappa shape index (κ3) is 2.67. The van der Waals surface area contributed by atoms with Crippen LogP contribution in [0.5, 0.6) is 0 Å². The maximum Gasteiger partial charge on any atom is 0.319 e. The van der Waals surface area contributed by atoms with Gasteiger partial charge in [0.05, 0.1) is 13.7 Å². The number of esters is 1. The standard InChI is InChI=1S/C14H19NO2/c1-17-13(16)11-15-14(9-5-6-10-14)12-7-3-2-4-8-12/h2-4,7-8,15H,5-6,9-11H2,1H3. The Balaban J connectivity index is 2.13. The fourth-order valence-corrected chi connectivity index (χ4v) is 2.62. The zero-order chi connectivity index (χ0) is 12.1. The van der Waals surface area contributed by atoms with Gasteiger partial charge in [-0.15, -0.1) is 0 Å². The predicted octanol–water partition coefficient (Wildman–Crippen LogP) is 2.22. The van der Waals surface area contributed by atoms with Crippen molar-refractivity contribution in [2.45, 2.75) is 31.2 Å². The van der Waals surface area contributed by atoms with Crippen LogP contribution in [0.1, 0.15) is 31.2 Å². The molecule has 1 fully saturated rings. The molecule has 0 saturated heterocycles. The molecular weight excluding hydrogens is 214 g/mol. The zero-order valence-corrected chi connectivity index (χ0v) is 10.2. The second-order valence-corrected chi connectivity index (χ2v) is 4.58. The highest BCUT2D eigenvalue weighted by Crippen LogP contribution is 2.38. The van der Waals surface area contributed by atoms with Crippen LogP contribution in [0, 0.1) is 0 Å². The van der Waals surface area contributed by atoms with Crippen molar-refractivity contribution in [2.75, 3.05) is 13.7 Å². The number of ether oxygens (including phenoxy) is 1. The van der Waals surface area contributed by atoms with Crippen LogP contribution in [0.2, 0.25) is 0 Å². The van der Waals surface area contributed by atoms with E-state index in [1.54, 1.807) is 0 Å². The largest absolute Gasteiger partial charge is 0.468 e. The molecule has 1 aromatic carbocycles. The summed E-state index contributed by atoms with van der Waals surface area (Å²) in [6.07, 6.45) is 4.61. The first-order valence-electron chi connectivity index (χ1n) is 6.14. The van der Waals surface area contributed by atoms with Gasteiger partial charge in [-0.25, -0.2) is 0 Å². The van der Waals surface area contributed by atoms with E-state index in [2.05, 4.69) is 34.3 Å². The molecule has 0 atom stereocenters. The third-order valence-corrected chi connectivity index (χ3v) is 3.58. The quantitative estimate of drug-likeness (QED) is 0.810. The van der Waals surface area contributed by atoms with Crippen LogP contribution in [0.15, 0.2) is 30.3 Å². The fraction of sp³-hybridized carbons (Fsp3) is 0.500. The lowest BCUT2D eigenvalue weighted by molar-refractivity contribution is -0.140. The molecule has 1 N–H and O–H groups in total. The number of hydrogen-bond acceptors (Lipinski definition) is 3. The molecule has 1 aromatic rings. The molecule has 0 heterocycles. The lowest BCUT2D eigenvalue weighted by Crippen LogP contribution is -2.42. The van der Waals surface area contributed by atoms with Gasteiger partial charge in [-0.3, -0.25) is 10.1 Å². The Bertz CT molecular complexity index is 369. The molecule has 0 unspecified atom stereocenters. The zero-order valence-electron chi connectivity index (χ0n) is 10.2. The summed E-state index contributed by atoms with van der Waals surface area (Å²) in [5, 5.41) is 3.39. The lowest BCUT2D eigenvalue weighted by Gasteiger charge is -2.30. The molecule has 3 heteroatoms. The molecule has 1 aliphatic rings. The summed E-state index contributed by atoms with van der Waals surface area (Å²) in [4.78, 5) is 11.3. The van der Waals surface area contributed by atoms with Gasteiger partial charge >= 0.3 is 5.97 Å². The Labute approximate surface area is 102 Å². The average Bonchev–Trinajstić information content (AvgIpc) is 2.87. The summed E-state index contributed by atoms with van der Waals surface area (Å²) in [5.74, 6) is -0.202. The topological polar surface area (TPSA) is 38.3 Å². The molecule has 2 rings (SSSR count). The van der Waals surface area contributed by atoms with Gasteiger partial charge in [-0.2, -0.15) is 0 Å². The van der Waals surface area contributed by atoms with Crippen molar-refractivity contribution in [2.24, 2.45) is 0 Å². The SMILES string of the molecule is COC(=O)CNC1(c2ccccc2)CCCC1. The summed E-state index contributed by atoms with van der Waals surface area (Å²) in [6, 6.07) is 10.4. The Hall–Kier alpha value is -1.35. The monoisotopic (exact) mass is 233 g/mol. The van der Waals surface area contributed by atoms with E-state index in [9.17, 15) is 4.79 Å². The van der Waals surface area contributed by atoms with Gasteiger partial charge in [0.2, 0.25) is 0 Å². The van der Waals surface area contributed by atoms with Gasteiger partial charge in [0.1, 0.15) is 0 Å². The lowest BCUT2D eigenvalue weighted by atomic mass is 9.88. The summed E-state index contributed by atoms with van der Waals surface area (Å²) >= 11 is 0. The van der Waals surface area contributed by atoms with Crippen molar-refractivity contribution < 1.29 is 9.53 Å². The van der Waals surface area contributed by atoms with E-state index in [0.717, 1.165) is 12.8 Å². The average molecular weight is 233 g/mol. The van der Waals surface area contributed by atoms with Crippen molar-refractivity contribution in [3.63, 3.8) is 0 Å². The highest BCUT2D eigenvalue weighted by molar-refractivity contribution is 5.71. The summed E-state index contributed by atoms with van der Waals surface area (Å²) in [6.45, 7) is 0.283. The van der Waals surface area contributed by atoms with Crippen molar-refractivity contribution in [1.29, 1.82) is 0 Å². The van der Waals surface area contributed by atoms with E-state index in [1.165, 1.54) is 25.5 Å². The Kier molecular flexibility index (Phi) is 3.79. The molecular formula is C14H19NO2. The number of rotatable bonds is 4. The summed E-state index contributed by atoms with van der Waals surface area (Å²) in [7, 11) is 1.42. The van der Waals surface area contributed by atoms with Crippen LogP contribution in [0.25, 0.3) is 0 Å². The highest BCUT2D eigenvalue weighted by atomic mass is 16.5. The molecule has 0 spiro atoms. The van der Waals surface area contributed by atoms with Gasteiger partial charge in [0, 0.05) is 5.54 Å². The van der Waals surface area contributed by atoms with Crippen molar-refractivity contribution in [3.8, 4) is 0 Å². The normalized spacial score (nSPS) is 17.9. The van der Waals surface area contributed by atoms with E-state index in [0.29, 0.717) is 0 Å². The molecule has 1 aliphatic carbocycles. The molecule has 1 saturated carbocycles. The predicted molar refractivity (Wildman–Crippen MR) is 66.6 cm³/mol. The van der Waals surface area contributed by atoms with Gasteiger partial charge in [-0.1, -0.05) is 43.2 Å². The number of hydrogen-bond donors (Lipinski definition) is 1. The summed E-state index contributed by atoms with van der Waals surface area (Å²) < 4.78 is 4.69. The molecule has 0 radical (unpaired) electrons. The minimum atomic E-state index is -0.202. The highest BCUT2D eigenvalue weighted by Gasteiger charge is 2.35. The first-order valence-corrected chi connectivity index (χ1v) is 6.14. The maximum atomic E-state index is 11.3. The number of benzene rings is 1. The van der Waals surface area contributed by atoms with Gasteiger partial charge in [0.15, 0.2) is 0 Å². The molecule has 17 heavy (non-hydrogen) atoms. The number of nitrogens with one attached hydrogen (secondary N) is 1. The van der Waals surface area contributed by atoms with Crippen molar-refractivity contribution in [1.82, 2.24) is 5.32 Å². The Morgan fingerprint density at radius 2 is 1.94 bits per heavy atom. The number of carbonyl (C=O) groups excluding carboxylic acids is 1. The van der Waals surface area contributed by atoms with Crippen LogP contribution in [-0.2, 0) is 15.1 Å². The van der Waals surface area contributed by atoms with E-state index < -0.39 is 0 Å². The third-order valence-electron chi connectivity index (χ3n) is 3.58. The van der Waals surface area contributed by atoms with E-state index >= 15 is 0 Å². The molecule has 92 valence electrons. The minimum absolute atomic E-state index is 0.0323. The van der Waals surface area contributed by atoms with Crippen LogP contribution < -0.4 is 5.32 Å². The van der Waals surface area contributed by atoms with Crippen LogP contribution in [0.4, 0.5) is 0 Å². The minimum Gasteiger partial charge on any atom is -0.468 e. The molecule has 0 aromatic heterocycles. The first-order chi connectivity index (χ1) is 8.27.